The average Bonchev–Trinajstić information content (AvgIpc) is 2.55. The first-order valence-corrected chi connectivity index (χ1v) is 7.92. The molecule has 0 saturated heterocycles. The largest absolute Gasteiger partial charge is 0.497 e. The van der Waals surface area contributed by atoms with Crippen molar-refractivity contribution in [3.05, 3.63) is 53.6 Å². The second-order valence-corrected chi connectivity index (χ2v) is 6.01. The highest BCUT2D eigenvalue weighted by molar-refractivity contribution is 5.62. The van der Waals surface area contributed by atoms with Gasteiger partial charge in [0, 0.05) is 31.0 Å². The van der Waals surface area contributed by atoms with E-state index in [0.717, 1.165) is 12.3 Å². The van der Waals surface area contributed by atoms with Crippen LogP contribution in [0, 0.1) is 0 Å². The lowest BCUT2D eigenvalue weighted by Crippen LogP contribution is -2.24. The maximum absolute atomic E-state index is 5.21. The van der Waals surface area contributed by atoms with Crippen LogP contribution in [0.5, 0.6) is 5.75 Å². The number of methoxy groups -OCH3 is 1. The van der Waals surface area contributed by atoms with Crippen molar-refractivity contribution in [2.45, 2.75) is 25.8 Å². The third-order valence-corrected chi connectivity index (χ3v) is 4.43. The minimum Gasteiger partial charge on any atom is -0.497 e. The lowest BCUT2D eigenvalue weighted by Gasteiger charge is -2.28. The van der Waals surface area contributed by atoms with Gasteiger partial charge in [-0.05, 0) is 61.2 Å². The number of nitrogens with zero attached hydrogens (tertiary/aromatic N) is 1. The van der Waals surface area contributed by atoms with E-state index < -0.39 is 0 Å². The van der Waals surface area contributed by atoms with E-state index in [1.54, 1.807) is 7.11 Å². The minimum absolute atomic E-state index is 0.269. The van der Waals surface area contributed by atoms with Gasteiger partial charge in [-0.1, -0.05) is 12.1 Å². The van der Waals surface area contributed by atoms with Gasteiger partial charge in [0.15, 0.2) is 0 Å². The van der Waals surface area contributed by atoms with Crippen LogP contribution in [0.25, 0.3) is 0 Å². The molecule has 3 rings (SSSR count). The van der Waals surface area contributed by atoms with Crippen molar-refractivity contribution in [1.29, 1.82) is 0 Å². The van der Waals surface area contributed by atoms with E-state index in [-0.39, 0.29) is 6.04 Å². The number of hydrogen-bond acceptors (Lipinski definition) is 3. The van der Waals surface area contributed by atoms with Gasteiger partial charge in [0.25, 0.3) is 0 Å². The fourth-order valence-corrected chi connectivity index (χ4v) is 3.10. The smallest absolute Gasteiger partial charge is 0.118 e. The van der Waals surface area contributed by atoms with Crippen LogP contribution in [-0.4, -0.2) is 20.7 Å². The first-order valence-electron chi connectivity index (χ1n) is 7.92. The number of rotatable bonds is 4. The Morgan fingerprint density at radius 3 is 2.64 bits per heavy atom. The van der Waals surface area contributed by atoms with E-state index in [0.29, 0.717) is 0 Å². The quantitative estimate of drug-likeness (QED) is 0.913. The maximum Gasteiger partial charge on any atom is 0.118 e. The normalized spacial score (nSPS) is 15.1. The summed E-state index contributed by atoms with van der Waals surface area (Å²) in [5, 5.41) is 3.60. The molecule has 0 fully saturated rings. The van der Waals surface area contributed by atoms with Crippen molar-refractivity contribution in [2.24, 2.45) is 0 Å². The summed E-state index contributed by atoms with van der Waals surface area (Å²) in [6.07, 6.45) is 2.41. The average molecular weight is 296 g/mol. The first-order chi connectivity index (χ1) is 10.7. The van der Waals surface area contributed by atoms with Crippen LogP contribution >= 0.6 is 0 Å². The Balaban J connectivity index is 1.74. The molecule has 0 amide bonds. The molecule has 3 nitrogen and oxygen atoms in total. The van der Waals surface area contributed by atoms with E-state index in [2.05, 4.69) is 54.5 Å². The molecule has 0 radical (unpaired) electrons. The number of benzene rings is 2. The maximum atomic E-state index is 5.21. The zero-order valence-electron chi connectivity index (χ0n) is 13.6. The summed E-state index contributed by atoms with van der Waals surface area (Å²) >= 11 is 0. The van der Waals surface area contributed by atoms with Crippen LogP contribution in [0.15, 0.2) is 42.5 Å². The molecule has 0 saturated carbocycles. The summed E-state index contributed by atoms with van der Waals surface area (Å²) in [5.74, 6) is 0.896. The molecule has 116 valence electrons. The summed E-state index contributed by atoms with van der Waals surface area (Å²) in [4.78, 5) is 2.34. The lowest BCUT2D eigenvalue weighted by molar-refractivity contribution is 0.414. The number of hydrogen-bond donors (Lipinski definition) is 1. The number of fused-ring (bicyclic) bond motifs is 1. The number of nitrogens with one attached hydrogen (secondary N) is 1. The van der Waals surface area contributed by atoms with Crippen molar-refractivity contribution in [1.82, 2.24) is 0 Å². The molecule has 1 atom stereocenters. The van der Waals surface area contributed by atoms with Gasteiger partial charge >= 0.3 is 0 Å². The number of anilines is 2. The van der Waals surface area contributed by atoms with Crippen molar-refractivity contribution >= 4 is 11.4 Å². The van der Waals surface area contributed by atoms with Crippen molar-refractivity contribution < 1.29 is 4.74 Å². The van der Waals surface area contributed by atoms with Crippen LogP contribution in [0.4, 0.5) is 11.4 Å². The van der Waals surface area contributed by atoms with Crippen LogP contribution in [0.2, 0.25) is 0 Å². The van der Waals surface area contributed by atoms with Gasteiger partial charge in [0.2, 0.25) is 0 Å². The van der Waals surface area contributed by atoms with Crippen molar-refractivity contribution in [3.8, 4) is 5.75 Å². The highest BCUT2D eigenvalue weighted by Gasteiger charge is 2.14. The van der Waals surface area contributed by atoms with E-state index in [1.807, 2.05) is 12.1 Å². The summed E-state index contributed by atoms with van der Waals surface area (Å²) in [7, 11) is 3.87. The molecule has 1 unspecified atom stereocenters. The molecule has 0 bridgehead atoms. The molecule has 0 spiro atoms. The third kappa shape index (κ3) is 3.03. The Labute approximate surface area is 132 Å². The summed E-state index contributed by atoms with van der Waals surface area (Å²) in [5.41, 5.74) is 5.27. The second-order valence-electron chi connectivity index (χ2n) is 6.01. The molecule has 1 aliphatic heterocycles. The fourth-order valence-electron chi connectivity index (χ4n) is 3.10. The predicted octanol–water partition coefficient (Wildman–Crippen LogP) is 4.25. The Hall–Kier alpha value is -2.16. The standard InChI is InChI=1S/C19H24N2O/c1-14(15-6-9-18(22-3)10-7-15)20-17-8-11-19-16(13-17)5-4-12-21(19)2/h6-11,13-14,20H,4-5,12H2,1-3H3. The van der Waals surface area contributed by atoms with E-state index in [4.69, 9.17) is 4.74 Å². The van der Waals surface area contributed by atoms with Crippen LogP contribution in [0.3, 0.4) is 0 Å². The van der Waals surface area contributed by atoms with Gasteiger partial charge < -0.3 is 15.0 Å². The van der Waals surface area contributed by atoms with Gasteiger partial charge in [-0.15, -0.1) is 0 Å². The van der Waals surface area contributed by atoms with Crippen LogP contribution in [-0.2, 0) is 6.42 Å². The summed E-state index contributed by atoms with van der Waals surface area (Å²) in [6, 6.07) is 15.2. The third-order valence-electron chi connectivity index (χ3n) is 4.43. The molecule has 2 aromatic rings. The molecule has 1 heterocycles. The molecule has 0 aromatic heterocycles. The molecule has 1 aliphatic rings. The zero-order chi connectivity index (χ0) is 15.5. The molecule has 2 aromatic carbocycles. The van der Waals surface area contributed by atoms with E-state index >= 15 is 0 Å². The van der Waals surface area contributed by atoms with Gasteiger partial charge in [0.1, 0.15) is 5.75 Å². The van der Waals surface area contributed by atoms with Gasteiger partial charge in [0.05, 0.1) is 7.11 Å². The second kappa shape index (κ2) is 6.30. The van der Waals surface area contributed by atoms with Gasteiger partial charge in [-0.3, -0.25) is 0 Å². The first kappa shape index (κ1) is 14.8. The Morgan fingerprint density at radius 1 is 1.14 bits per heavy atom. The Kier molecular flexibility index (Phi) is 4.23. The van der Waals surface area contributed by atoms with Crippen molar-refractivity contribution in [2.75, 3.05) is 30.9 Å². The Bertz CT molecular complexity index is 636. The van der Waals surface area contributed by atoms with Crippen molar-refractivity contribution in [3.63, 3.8) is 0 Å². The molecule has 1 N–H and O–H groups in total. The highest BCUT2D eigenvalue weighted by atomic mass is 16.5. The molecule has 3 heteroatoms. The lowest BCUT2D eigenvalue weighted by atomic mass is 10.0. The summed E-state index contributed by atoms with van der Waals surface area (Å²) < 4.78 is 5.21. The van der Waals surface area contributed by atoms with E-state index in [9.17, 15) is 0 Å². The predicted molar refractivity (Wildman–Crippen MR) is 93.1 cm³/mol. The minimum atomic E-state index is 0.269. The topological polar surface area (TPSA) is 24.5 Å². The van der Waals surface area contributed by atoms with E-state index in [1.165, 1.54) is 35.3 Å². The van der Waals surface area contributed by atoms with Gasteiger partial charge in [-0.2, -0.15) is 0 Å². The summed E-state index contributed by atoms with van der Waals surface area (Å²) in [6.45, 7) is 3.34. The number of aryl methyl sites for hydroxylation is 1. The SMILES string of the molecule is COc1ccc(C(C)Nc2ccc3c(c2)CCCN3C)cc1. The zero-order valence-corrected chi connectivity index (χ0v) is 13.6. The molecule has 22 heavy (non-hydrogen) atoms. The van der Waals surface area contributed by atoms with Crippen LogP contribution < -0.4 is 15.0 Å². The highest BCUT2D eigenvalue weighted by Crippen LogP contribution is 2.30. The Morgan fingerprint density at radius 2 is 1.91 bits per heavy atom. The van der Waals surface area contributed by atoms with Crippen LogP contribution in [0.1, 0.15) is 30.5 Å². The molecule has 0 aliphatic carbocycles. The molecular formula is C19H24N2O. The van der Waals surface area contributed by atoms with Gasteiger partial charge in [-0.25, -0.2) is 0 Å². The number of ether oxygens (including phenoxy) is 1. The molecular weight excluding hydrogens is 272 g/mol. The monoisotopic (exact) mass is 296 g/mol. The fraction of sp³-hybridized carbons (Fsp3) is 0.368.